The third-order valence-corrected chi connectivity index (χ3v) is 2.98. The Morgan fingerprint density at radius 1 is 1.42 bits per heavy atom. The van der Waals surface area contributed by atoms with Crippen LogP contribution in [-0.2, 0) is 4.79 Å². The number of nitrogens with zero attached hydrogens (tertiary/aromatic N) is 1. The Morgan fingerprint density at radius 2 is 2.11 bits per heavy atom. The molecule has 4 nitrogen and oxygen atoms in total. The standard InChI is InChI=1S/C15H23NO3/c1-12-6-4-5-7-14(12)19-11-10-16(3)15(18)9-8-13(2)17/h4-7,13,17H,8-11H2,1-3H3. The van der Waals surface area contributed by atoms with E-state index >= 15 is 0 Å². The largest absolute Gasteiger partial charge is 0.491 e. The fourth-order valence-electron chi connectivity index (χ4n) is 1.66. The summed E-state index contributed by atoms with van der Waals surface area (Å²) in [7, 11) is 1.76. The van der Waals surface area contributed by atoms with Gasteiger partial charge in [0.1, 0.15) is 12.4 Å². The second-order valence-electron chi connectivity index (χ2n) is 4.82. The monoisotopic (exact) mass is 265 g/mol. The number of rotatable bonds is 7. The van der Waals surface area contributed by atoms with E-state index < -0.39 is 6.10 Å². The lowest BCUT2D eigenvalue weighted by Crippen LogP contribution is -2.31. The zero-order valence-corrected chi connectivity index (χ0v) is 11.9. The van der Waals surface area contributed by atoms with Crippen LogP contribution < -0.4 is 4.74 Å². The number of carbonyl (C=O) groups is 1. The highest BCUT2D eigenvalue weighted by molar-refractivity contribution is 5.75. The number of benzene rings is 1. The summed E-state index contributed by atoms with van der Waals surface area (Å²) >= 11 is 0. The number of amides is 1. The second-order valence-corrected chi connectivity index (χ2v) is 4.82. The summed E-state index contributed by atoms with van der Waals surface area (Å²) < 4.78 is 5.64. The van der Waals surface area contributed by atoms with E-state index in [-0.39, 0.29) is 5.91 Å². The molecule has 0 fully saturated rings. The predicted molar refractivity (Wildman–Crippen MR) is 75.2 cm³/mol. The van der Waals surface area contributed by atoms with Crippen molar-refractivity contribution in [1.82, 2.24) is 4.90 Å². The van der Waals surface area contributed by atoms with E-state index in [4.69, 9.17) is 9.84 Å². The SMILES string of the molecule is Cc1ccccc1OCCN(C)C(=O)CCC(C)O. The molecule has 0 aliphatic heterocycles. The zero-order valence-electron chi connectivity index (χ0n) is 11.9. The van der Waals surface area contributed by atoms with Crippen molar-refractivity contribution in [2.45, 2.75) is 32.8 Å². The van der Waals surface area contributed by atoms with Crippen LogP contribution >= 0.6 is 0 Å². The molecule has 19 heavy (non-hydrogen) atoms. The van der Waals surface area contributed by atoms with Gasteiger partial charge in [-0.15, -0.1) is 0 Å². The molecule has 1 aromatic rings. The van der Waals surface area contributed by atoms with Gasteiger partial charge in [0, 0.05) is 13.5 Å². The van der Waals surface area contributed by atoms with Crippen LogP contribution in [0.5, 0.6) is 5.75 Å². The first-order valence-corrected chi connectivity index (χ1v) is 6.61. The predicted octanol–water partition coefficient (Wildman–Crippen LogP) is 1.99. The summed E-state index contributed by atoms with van der Waals surface area (Å²) in [4.78, 5) is 13.4. The molecule has 0 aromatic heterocycles. The molecule has 1 N–H and O–H groups in total. The number of aliphatic hydroxyl groups excluding tert-OH is 1. The van der Waals surface area contributed by atoms with Gasteiger partial charge in [-0.1, -0.05) is 18.2 Å². The first kappa shape index (κ1) is 15.5. The fraction of sp³-hybridized carbons (Fsp3) is 0.533. The Hall–Kier alpha value is -1.55. The second kappa shape index (κ2) is 7.79. The molecule has 0 saturated carbocycles. The number of para-hydroxylation sites is 1. The molecule has 1 rings (SSSR count). The highest BCUT2D eigenvalue weighted by atomic mass is 16.5. The van der Waals surface area contributed by atoms with Crippen LogP contribution in [0.3, 0.4) is 0 Å². The summed E-state index contributed by atoms with van der Waals surface area (Å²) in [6, 6.07) is 7.81. The molecule has 0 bridgehead atoms. The van der Waals surface area contributed by atoms with Gasteiger partial charge in [-0.05, 0) is 31.9 Å². The molecule has 1 amide bonds. The summed E-state index contributed by atoms with van der Waals surface area (Å²) in [5.74, 6) is 0.890. The minimum Gasteiger partial charge on any atom is -0.491 e. The molecule has 0 aliphatic rings. The quantitative estimate of drug-likeness (QED) is 0.820. The van der Waals surface area contributed by atoms with Gasteiger partial charge in [0.2, 0.25) is 5.91 Å². The van der Waals surface area contributed by atoms with Crippen LogP contribution in [0.25, 0.3) is 0 Å². The number of hydrogen-bond acceptors (Lipinski definition) is 3. The normalized spacial score (nSPS) is 12.0. The van der Waals surface area contributed by atoms with E-state index in [1.807, 2.05) is 31.2 Å². The Labute approximate surface area is 115 Å². The average Bonchev–Trinajstić information content (AvgIpc) is 2.38. The van der Waals surface area contributed by atoms with Crippen LogP contribution in [0.1, 0.15) is 25.3 Å². The molecule has 0 saturated heterocycles. The number of carbonyl (C=O) groups excluding carboxylic acids is 1. The van der Waals surface area contributed by atoms with Crippen molar-refractivity contribution in [3.05, 3.63) is 29.8 Å². The number of aliphatic hydroxyl groups is 1. The Balaban J connectivity index is 2.29. The van der Waals surface area contributed by atoms with Crippen LogP contribution in [0.15, 0.2) is 24.3 Å². The Bertz CT molecular complexity index is 404. The van der Waals surface area contributed by atoms with E-state index in [0.717, 1.165) is 11.3 Å². The fourth-order valence-corrected chi connectivity index (χ4v) is 1.66. The van der Waals surface area contributed by atoms with Crippen molar-refractivity contribution in [2.24, 2.45) is 0 Å². The third-order valence-electron chi connectivity index (χ3n) is 2.98. The van der Waals surface area contributed by atoms with Crippen LogP contribution in [0.4, 0.5) is 0 Å². The van der Waals surface area contributed by atoms with Gasteiger partial charge in [-0.25, -0.2) is 0 Å². The highest BCUT2D eigenvalue weighted by Crippen LogP contribution is 2.15. The highest BCUT2D eigenvalue weighted by Gasteiger charge is 2.10. The summed E-state index contributed by atoms with van der Waals surface area (Å²) in [5, 5.41) is 9.14. The minimum absolute atomic E-state index is 0.0364. The van der Waals surface area contributed by atoms with Gasteiger partial charge in [0.25, 0.3) is 0 Å². The molecule has 0 heterocycles. The lowest BCUT2D eigenvalue weighted by atomic mass is 10.2. The molecule has 0 spiro atoms. The van der Waals surface area contributed by atoms with E-state index in [2.05, 4.69) is 0 Å². The van der Waals surface area contributed by atoms with E-state index in [1.54, 1.807) is 18.9 Å². The van der Waals surface area contributed by atoms with E-state index in [9.17, 15) is 4.79 Å². The number of ether oxygens (including phenoxy) is 1. The van der Waals surface area contributed by atoms with Gasteiger partial charge in [0.05, 0.1) is 12.6 Å². The maximum Gasteiger partial charge on any atom is 0.222 e. The molecule has 0 aliphatic carbocycles. The van der Waals surface area contributed by atoms with Crippen molar-refractivity contribution >= 4 is 5.91 Å². The number of hydrogen-bond donors (Lipinski definition) is 1. The molecular weight excluding hydrogens is 242 g/mol. The average molecular weight is 265 g/mol. The van der Waals surface area contributed by atoms with Crippen LogP contribution in [0.2, 0.25) is 0 Å². The topological polar surface area (TPSA) is 49.8 Å². The zero-order chi connectivity index (χ0) is 14.3. The maximum absolute atomic E-state index is 11.7. The van der Waals surface area contributed by atoms with Crippen molar-refractivity contribution in [3.8, 4) is 5.75 Å². The summed E-state index contributed by atoms with van der Waals surface area (Å²) in [5.41, 5.74) is 1.09. The first-order chi connectivity index (χ1) is 9.00. The Morgan fingerprint density at radius 3 is 2.74 bits per heavy atom. The molecule has 4 heteroatoms. The molecule has 1 unspecified atom stereocenters. The van der Waals surface area contributed by atoms with E-state index in [0.29, 0.717) is 26.0 Å². The summed E-state index contributed by atoms with van der Waals surface area (Å²) in [6.45, 7) is 4.70. The molecule has 0 radical (unpaired) electrons. The van der Waals surface area contributed by atoms with Crippen molar-refractivity contribution < 1.29 is 14.6 Å². The van der Waals surface area contributed by atoms with Crippen molar-refractivity contribution in [1.29, 1.82) is 0 Å². The molecule has 106 valence electrons. The smallest absolute Gasteiger partial charge is 0.222 e. The third kappa shape index (κ3) is 5.75. The first-order valence-electron chi connectivity index (χ1n) is 6.61. The number of aryl methyl sites for hydroxylation is 1. The Kier molecular flexibility index (Phi) is 6.36. The maximum atomic E-state index is 11.7. The molecule has 1 aromatic carbocycles. The molecule has 1 atom stereocenters. The van der Waals surface area contributed by atoms with Gasteiger partial charge in [0.15, 0.2) is 0 Å². The van der Waals surface area contributed by atoms with E-state index in [1.165, 1.54) is 0 Å². The van der Waals surface area contributed by atoms with Crippen LogP contribution in [0, 0.1) is 6.92 Å². The lowest BCUT2D eigenvalue weighted by Gasteiger charge is -2.18. The minimum atomic E-state index is -0.430. The summed E-state index contributed by atoms with van der Waals surface area (Å²) in [6.07, 6.45) is 0.445. The van der Waals surface area contributed by atoms with Gasteiger partial charge in [-0.2, -0.15) is 0 Å². The number of likely N-dealkylation sites (N-methyl/N-ethyl adjacent to an activating group) is 1. The van der Waals surface area contributed by atoms with Gasteiger partial charge in [-0.3, -0.25) is 4.79 Å². The van der Waals surface area contributed by atoms with Crippen molar-refractivity contribution in [2.75, 3.05) is 20.2 Å². The van der Waals surface area contributed by atoms with Gasteiger partial charge >= 0.3 is 0 Å². The molecular formula is C15H23NO3. The van der Waals surface area contributed by atoms with Crippen molar-refractivity contribution in [3.63, 3.8) is 0 Å². The van der Waals surface area contributed by atoms with Gasteiger partial charge < -0.3 is 14.7 Å². The van der Waals surface area contributed by atoms with Crippen LogP contribution in [-0.4, -0.2) is 42.2 Å². The lowest BCUT2D eigenvalue weighted by molar-refractivity contribution is -0.130.